The highest BCUT2D eigenvalue weighted by molar-refractivity contribution is 5.05. The van der Waals surface area contributed by atoms with Crippen LogP contribution in [0.1, 0.15) is 54.4 Å². The molecule has 1 heterocycles. The predicted molar refractivity (Wildman–Crippen MR) is 82.6 cm³/mol. The molecule has 0 aromatic rings. The molecule has 1 aliphatic rings. The molecule has 0 bridgehead atoms. The molecule has 0 aromatic heterocycles. The third-order valence-corrected chi connectivity index (χ3v) is 4.93. The number of rotatable bonds is 6. The highest BCUT2D eigenvalue weighted by atomic mass is 16.5. The van der Waals surface area contributed by atoms with Crippen molar-refractivity contribution in [3.05, 3.63) is 0 Å². The van der Waals surface area contributed by atoms with Crippen molar-refractivity contribution in [3.63, 3.8) is 0 Å². The molecule has 0 aromatic carbocycles. The Balaban J connectivity index is 2.85. The third-order valence-electron chi connectivity index (χ3n) is 4.93. The van der Waals surface area contributed by atoms with Crippen molar-refractivity contribution in [2.24, 2.45) is 5.92 Å². The molecule has 0 radical (unpaired) electrons. The maximum Gasteiger partial charge on any atom is 0.0790 e. The zero-order valence-corrected chi connectivity index (χ0v) is 14.2. The standard InChI is InChI=1S/C16H34N2O/c1-9-12(10-2)18(8)11-13-14(17-7)16(5,6)19-15(13,3)4/h12-14,17H,9-11H2,1-8H3. The Kier molecular flexibility index (Phi) is 5.44. The van der Waals surface area contributed by atoms with Crippen molar-refractivity contribution in [2.75, 3.05) is 20.6 Å². The molecule has 0 amide bonds. The monoisotopic (exact) mass is 270 g/mol. The van der Waals surface area contributed by atoms with E-state index < -0.39 is 0 Å². The van der Waals surface area contributed by atoms with Crippen LogP contribution in [-0.2, 0) is 4.74 Å². The SMILES string of the molecule is CCC(CC)N(C)CC1C(NC)C(C)(C)OC1(C)C. The molecule has 3 heteroatoms. The van der Waals surface area contributed by atoms with Gasteiger partial charge in [0.15, 0.2) is 0 Å². The third kappa shape index (κ3) is 3.50. The highest BCUT2D eigenvalue weighted by Gasteiger charge is 2.53. The van der Waals surface area contributed by atoms with Gasteiger partial charge in [-0.1, -0.05) is 13.8 Å². The summed E-state index contributed by atoms with van der Waals surface area (Å²) in [5.74, 6) is 0.512. The molecule has 0 saturated carbocycles. The van der Waals surface area contributed by atoms with E-state index in [1.165, 1.54) is 12.8 Å². The fraction of sp³-hybridized carbons (Fsp3) is 1.00. The first kappa shape index (κ1) is 16.9. The quantitative estimate of drug-likeness (QED) is 0.803. The summed E-state index contributed by atoms with van der Waals surface area (Å²) in [6, 6.07) is 1.08. The van der Waals surface area contributed by atoms with Crippen molar-refractivity contribution in [3.8, 4) is 0 Å². The van der Waals surface area contributed by atoms with E-state index in [2.05, 4.69) is 65.9 Å². The largest absolute Gasteiger partial charge is 0.368 e. The van der Waals surface area contributed by atoms with E-state index in [1.807, 2.05) is 0 Å². The first-order valence-electron chi connectivity index (χ1n) is 7.77. The summed E-state index contributed by atoms with van der Waals surface area (Å²) in [7, 11) is 4.31. The van der Waals surface area contributed by atoms with Crippen molar-refractivity contribution in [1.82, 2.24) is 10.2 Å². The summed E-state index contributed by atoms with van der Waals surface area (Å²) < 4.78 is 6.31. The second-order valence-corrected chi connectivity index (χ2v) is 7.09. The van der Waals surface area contributed by atoms with Crippen LogP contribution in [0.25, 0.3) is 0 Å². The molecular formula is C16H34N2O. The maximum atomic E-state index is 6.31. The van der Waals surface area contributed by atoms with E-state index in [-0.39, 0.29) is 11.2 Å². The van der Waals surface area contributed by atoms with Gasteiger partial charge in [-0.05, 0) is 54.6 Å². The Hall–Kier alpha value is -0.120. The van der Waals surface area contributed by atoms with Gasteiger partial charge in [-0.25, -0.2) is 0 Å². The summed E-state index contributed by atoms with van der Waals surface area (Å²) in [6.07, 6.45) is 2.43. The molecule has 2 atom stereocenters. The summed E-state index contributed by atoms with van der Waals surface area (Å²) in [5, 5.41) is 3.49. The summed E-state index contributed by atoms with van der Waals surface area (Å²) >= 11 is 0. The van der Waals surface area contributed by atoms with E-state index in [0.29, 0.717) is 18.0 Å². The van der Waals surface area contributed by atoms with Crippen LogP contribution in [0.15, 0.2) is 0 Å². The first-order chi connectivity index (χ1) is 8.69. The lowest BCUT2D eigenvalue weighted by Gasteiger charge is -2.35. The minimum atomic E-state index is -0.0995. The van der Waals surface area contributed by atoms with Crippen molar-refractivity contribution >= 4 is 0 Å². The van der Waals surface area contributed by atoms with Crippen LogP contribution in [-0.4, -0.2) is 48.8 Å². The van der Waals surface area contributed by atoms with Crippen LogP contribution >= 0.6 is 0 Å². The Morgan fingerprint density at radius 1 is 1.11 bits per heavy atom. The van der Waals surface area contributed by atoms with Crippen molar-refractivity contribution in [1.29, 1.82) is 0 Å². The lowest BCUT2D eigenvalue weighted by atomic mass is 9.82. The summed E-state index contributed by atoms with van der Waals surface area (Å²) in [5.41, 5.74) is -0.171. The molecule has 0 aliphatic carbocycles. The molecule has 19 heavy (non-hydrogen) atoms. The zero-order chi connectivity index (χ0) is 14.8. The van der Waals surface area contributed by atoms with E-state index in [9.17, 15) is 0 Å². The van der Waals surface area contributed by atoms with Gasteiger partial charge in [-0.2, -0.15) is 0 Å². The van der Waals surface area contributed by atoms with Crippen LogP contribution in [0, 0.1) is 5.92 Å². The predicted octanol–water partition coefficient (Wildman–Crippen LogP) is 2.90. The van der Waals surface area contributed by atoms with E-state index in [1.54, 1.807) is 0 Å². The van der Waals surface area contributed by atoms with Gasteiger partial charge < -0.3 is 15.0 Å². The zero-order valence-electron chi connectivity index (χ0n) is 14.2. The normalized spacial score (nSPS) is 29.4. The van der Waals surface area contributed by atoms with Crippen LogP contribution in [0.5, 0.6) is 0 Å². The number of likely N-dealkylation sites (N-methyl/N-ethyl adjacent to an activating group) is 1. The van der Waals surface area contributed by atoms with Gasteiger partial charge in [0.2, 0.25) is 0 Å². The molecule has 1 rings (SSSR count). The van der Waals surface area contributed by atoms with Gasteiger partial charge in [0.05, 0.1) is 11.2 Å². The van der Waals surface area contributed by atoms with Gasteiger partial charge >= 0.3 is 0 Å². The number of nitrogens with zero attached hydrogens (tertiary/aromatic N) is 1. The Bertz CT molecular complexity index is 284. The molecular weight excluding hydrogens is 236 g/mol. The topological polar surface area (TPSA) is 24.5 Å². The molecule has 1 saturated heterocycles. The minimum absolute atomic E-state index is 0.0720. The van der Waals surface area contributed by atoms with Crippen LogP contribution in [0.2, 0.25) is 0 Å². The number of nitrogens with one attached hydrogen (secondary N) is 1. The van der Waals surface area contributed by atoms with Gasteiger partial charge in [0.1, 0.15) is 0 Å². The molecule has 2 unspecified atom stereocenters. The van der Waals surface area contributed by atoms with Crippen LogP contribution in [0.3, 0.4) is 0 Å². The highest BCUT2D eigenvalue weighted by Crippen LogP contribution is 2.42. The molecule has 1 aliphatic heterocycles. The molecule has 3 nitrogen and oxygen atoms in total. The minimum Gasteiger partial charge on any atom is -0.368 e. The Labute approximate surface area is 120 Å². The van der Waals surface area contributed by atoms with E-state index >= 15 is 0 Å². The number of hydrogen-bond donors (Lipinski definition) is 1. The van der Waals surface area contributed by atoms with Crippen LogP contribution in [0.4, 0.5) is 0 Å². The lowest BCUT2D eigenvalue weighted by Crippen LogP contribution is -2.50. The fourth-order valence-electron chi connectivity index (χ4n) is 3.95. The van der Waals surface area contributed by atoms with E-state index in [0.717, 1.165) is 6.54 Å². The Morgan fingerprint density at radius 3 is 2.05 bits per heavy atom. The van der Waals surface area contributed by atoms with E-state index in [4.69, 9.17) is 4.74 Å². The van der Waals surface area contributed by atoms with Crippen molar-refractivity contribution in [2.45, 2.75) is 77.7 Å². The number of ether oxygens (including phenoxy) is 1. The van der Waals surface area contributed by atoms with Gasteiger partial charge in [0.25, 0.3) is 0 Å². The lowest BCUT2D eigenvalue weighted by molar-refractivity contribution is -0.0796. The van der Waals surface area contributed by atoms with Gasteiger partial charge in [0, 0.05) is 24.5 Å². The average molecular weight is 270 g/mol. The van der Waals surface area contributed by atoms with Crippen LogP contribution < -0.4 is 5.32 Å². The van der Waals surface area contributed by atoms with Crippen molar-refractivity contribution < 1.29 is 4.74 Å². The summed E-state index contributed by atoms with van der Waals surface area (Å²) in [4.78, 5) is 2.52. The molecule has 114 valence electrons. The van der Waals surface area contributed by atoms with Gasteiger partial charge in [-0.15, -0.1) is 0 Å². The average Bonchev–Trinajstić information content (AvgIpc) is 2.45. The summed E-state index contributed by atoms with van der Waals surface area (Å²) in [6.45, 7) is 14.5. The molecule has 1 N–H and O–H groups in total. The Morgan fingerprint density at radius 2 is 1.63 bits per heavy atom. The number of hydrogen-bond acceptors (Lipinski definition) is 3. The smallest absolute Gasteiger partial charge is 0.0790 e. The maximum absolute atomic E-state index is 6.31. The first-order valence-corrected chi connectivity index (χ1v) is 7.77. The second-order valence-electron chi connectivity index (χ2n) is 7.09. The second kappa shape index (κ2) is 6.11. The van der Waals surface area contributed by atoms with Gasteiger partial charge in [-0.3, -0.25) is 0 Å². The molecule has 0 spiro atoms. The molecule has 1 fully saturated rings. The fourth-order valence-corrected chi connectivity index (χ4v) is 3.95.